The largest absolute Gasteiger partial charge is 0.374 e. The van der Waals surface area contributed by atoms with Gasteiger partial charge in [-0.15, -0.1) is 0 Å². The van der Waals surface area contributed by atoms with E-state index in [2.05, 4.69) is 29.5 Å². The Morgan fingerprint density at radius 2 is 2.03 bits per heavy atom. The molecule has 174 valence electrons. The summed E-state index contributed by atoms with van der Waals surface area (Å²) in [6.45, 7) is 6.75. The molecule has 2 heterocycles. The normalized spacial score (nSPS) is 22.3. The average molecular weight is 444 g/mol. The summed E-state index contributed by atoms with van der Waals surface area (Å²) in [7, 11) is 0. The molecule has 3 rings (SSSR count). The minimum atomic E-state index is -0.743. The molecule has 1 aromatic heterocycles. The van der Waals surface area contributed by atoms with Crippen molar-refractivity contribution in [3.8, 4) is 0 Å². The monoisotopic (exact) mass is 443 g/mol. The molecule has 1 unspecified atom stereocenters. The molecule has 6 N–H and O–H groups in total. The van der Waals surface area contributed by atoms with E-state index in [1.54, 1.807) is 17.9 Å². The highest BCUT2D eigenvalue weighted by Gasteiger charge is 2.36. The van der Waals surface area contributed by atoms with Gasteiger partial charge in [-0.2, -0.15) is 0 Å². The number of aromatic nitrogens is 1. The number of rotatable bonds is 7. The predicted octanol–water partition coefficient (Wildman–Crippen LogP) is -0.0886. The molecule has 1 aromatic rings. The van der Waals surface area contributed by atoms with Gasteiger partial charge in [0.05, 0.1) is 24.0 Å². The van der Waals surface area contributed by atoms with Crippen LogP contribution in [0.4, 0.5) is 5.69 Å². The van der Waals surface area contributed by atoms with Crippen molar-refractivity contribution in [2.75, 3.05) is 18.4 Å². The van der Waals surface area contributed by atoms with Crippen LogP contribution in [0.5, 0.6) is 0 Å². The lowest BCUT2D eigenvalue weighted by atomic mass is 9.75. The highest BCUT2D eigenvalue weighted by atomic mass is 16.2. The first-order chi connectivity index (χ1) is 15.1. The van der Waals surface area contributed by atoms with Crippen molar-refractivity contribution >= 4 is 29.1 Å². The van der Waals surface area contributed by atoms with E-state index in [1.807, 2.05) is 0 Å². The van der Waals surface area contributed by atoms with E-state index in [-0.39, 0.29) is 35.5 Å². The van der Waals surface area contributed by atoms with E-state index < -0.39 is 11.9 Å². The molecule has 0 radical (unpaired) electrons. The van der Waals surface area contributed by atoms with Gasteiger partial charge in [-0.25, -0.2) is 5.41 Å². The molecular weight excluding hydrogens is 408 g/mol. The summed E-state index contributed by atoms with van der Waals surface area (Å²) in [5, 5.41) is 12.0. The third-order valence-corrected chi connectivity index (χ3v) is 6.45. The molecule has 0 spiro atoms. The summed E-state index contributed by atoms with van der Waals surface area (Å²) >= 11 is 0. The lowest BCUT2D eigenvalue weighted by Crippen LogP contribution is -2.51. The third-order valence-electron chi connectivity index (χ3n) is 6.45. The van der Waals surface area contributed by atoms with E-state index >= 15 is 0 Å². The van der Waals surface area contributed by atoms with Crippen molar-refractivity contribution in [1.82, 2.24) is 15.2 Å². The molecule has 2 fully saturated rings. The number of nitrogens with zero attached hydrogens (tertiary/aromatic N) is 2. The lowest BCUT2D eigenvalue weighted by Gasteiger charge is -2.36. The number of hydrogen-bond acceptors (Lipinski definition) is 5. The smallest absolute Gasteiger partial charge is 0.313 e. The molecular formula is C23H35N6O3+. The molecule has 1 saturated carbocycles. The number of nitrogens with one attached hydrogen (secondary N) is 2. The number of carbonyl (C=O) groups excluding carboxylic acids is 3. The average Bonchev–Trinajstić information content (AvgIpc) is 3.21. The summed E-state index contributed by atoms with van der Waals surface area (Å²) < 4.78 is 0. The molecule has 2 aliphatic rings. The van der Waals surface area contributed by atoms with E-state index in [4.69, 9.17) is 11.1 Å². The Kier molecular flexibility index (Phi) is 7.16. The van der Waals surface area contributed by atoms with Gasteiger partial charge < -0.3 is 21.3 Å². The molecule has 0 aromatic carbocycles. The maximum Gasteiger partial charge on any atom is 0.313 e. The fourth-order valence-corrected chi connectivity index (χ4v) is 4.79. The molecule has 3 amide bonds. The van der Waals surface area contributed by atoms with Gasteiger partial charge in [0.1, 0.15) is 6.04 Å². The Morgan fingerprint density at radius 1 is 1.28 bits per heavy atom. The first kappa shape index (κ1) is 23.7. The van der Waals surface area contributed by atoms with Gasteiger partial charge in [0.2, 0.25) is 11.8 Å². The van der Waals surface area contributed by atoms with Gasteiger partial charge in [-0.3, -0.25) is 19.4 Å². The molecule has 0 bridgehead atoms. The second kappa shape index (κ2) is 9.67. The second-order valence-corrected chi connectivity index (χ2v) is 9.71. The molecule has 9 nitrogen and oxygen atoms in total. The fourth-order valence-electron chi connectivity index (χ4n) is 4.79. The van der Waals surface area contributed by atoms with Crippen LogP contribution in [0.25, 0.3) is 0 Å². The molecule has 32 heavy (non-hydrogen) atoms. The van der Waals surface area contributed by atoms with Crippen LogP contribution in [0.15, 0.2) is 12.3 Å². The minimum Gasteiger partial charge on any atom is -0.374 e. The minimum absolute atomic E-state index is 0.0377. The number of pyridine rings is 1. The van der Waals surface area contributed by atoms with Crippen LogP contribution >= 0.6 is 0 Å². The van der Waals surface area contributed by atoms with E-state index in [1.165, 1.54) is 12.6 Å². The molecule has 1 saturated heterocycles. The molecule has 1 aliphatic heterocycles. The van der Waals surface area contributed by atoms with Crippen LogP contribution < -0.4 is 21.8 Å². The highest BCUT2D eigenvalue weighted by Crippen LogP contribution is 2.35. The Hall–Kier alpha value is -2.97. The first-order valence-corrected chi connectivity index (χ1v) is 11.3. The van der Waals surface area contributed by atoms with Crippen LogP contribution in [0, 0.1) is 12.3 Å². The fraction of sp³-hybridized carbons (Fsp3) is 0.609. The number of amides is 3. The molecule has 2 atom stereocenters. The zero-order valence-corrected chi connectivity index (χ0v) is 19.2. The SMILES string of the molecule is Cc1cc(C(=[NH2+])C(N)=O)c(NCC(=O)N2CCC[C@H]2C(=O)NC2CCCC(C)(C)C2)cn1. The standard InChI is InChI=1S/C23H34N6O3/c1-14-10-16(20(24)21(25)31)17(12-26-14)27-13-19(30)29-9-5-7-18(29)22(32)28-15-6-4-8-23(2,3)11-15/h10,12,15,18,24,27H,4-9,11,13H2,1-3H3,(H2,25,31)(H,28,32)/p+1/t15?,18-/m0/s1. The van der Waals surface area contributed by atoms with Crippen LogP contribution in [-0.2, 0) is 14.4 Å². The Morgan fingerprint density at radius 3 is 2.72 bits per heavy atom. The topological polar surface area (TPSA) is 143 Å². The van der Waals surface area contributed by atoms with Crippen molar-refractivity contribution in [3.63, 3.8) is 0 Å². The number of nitrogens with two attached hydrogens (primary N) is 2. The molecule has 1 aliphatic carbocycles. The van der Waals surface area contributed by atoms with Gasteiger partial charge in [0.25, 0.3) is 5.71 Å². The van der Waals surface area contributed by atoms with Crippen LogP contribution in [0.1, 0.15) is 63.6 Å². The van der Waals surface area contributed by atoms with Crippen molar-refractivity contribution in [1.29, 1.82) is 0 Å². The quantitative estimate of drug-likeness (QED) is 0.436. The van der Waals surface area contributed by atoms with Gasteiger partial charge in [0, 0.05) is 18.3 Å². The van der Waals surface area contributed by atoms with Gasteiger partial charge in [-0.05, 0) is 50.5 Å². The number of carbonyl (C=O) groups is 3. The zero-order chi connectivity index (χ0) is 23.5. The van der Waals surface area contributed by atoms with Crippen molar-refractivity contribution in [2.24, 2.45) is 11.1 Å². The van der Waals surface area contributed by atoms with Gasteiger partial charge in [-0.1, -0.05) is 20.3 Å². The Bertz CT molecular complexity index is 913. The number of aryl methyl sites for hydroxylation is 1. The van der Waals surface area contributed by atoms with E-state index in [0.717, 1.165) is 25.7 Å². The predicted molar refractivity (Wildman–Crippen MR) is 122 cm³/mol. The first-order valence-electron chi connectivity index (χ1n) is 11.3. The Labute approximate surface area is 189 Å². The lowest BCUT2D eigenvalue weighted by molar-refractivity contribution is -0.137. The van der Waals surface area contributed by atoms with E-state index in [0.29, 0.717) is 29.9 Å². The summed E-state index contributed by atoms with van der Waals surface area (Å²) in [4.78, 5) is 43.3. The van der Waals surface area contributed by atoms with Crippen LogP contribution in [-0.4, -0.2) is 58.5 Å². The maximum absolute atomic E-state index is 13.0. The maximum atomic E-state index is 13.0. The number of hydrogen-bond donors (Lipinski definition) is 4. The van der Waals surface area contributed by atoms with Crippen LogP contribution in [0.2, 0.25) is 0 Å². The van der Waals surface area contributed by atoms with Crippen LogP contribution in [0.3, 0.4) is 0 Å². The highest BCUT2D eigenvalue weighted by molar-refractivity contribution is 6.43. The Balaban J connectivity index is 1.62. The number of anilines is 1. The van der Waals surface area contributed by atoms with E-state index in [9.17, 15) is 14.4 Å². The van der Waals surface area contributed by atoms with Gasteiger partial charge >= 0.3 is 5.91 Å². The zero-order valence-electron chi connectivity index (χ0n) is 19.2. The summed E-state index contributed by atoms with van der Waals surface area (Å²) in [6, 6.07) is 1.35. The summed E-state index contributed by atoms with van der Waals surface area (Å²) in [5.41, 5.74) is 6.98. The van der Waals surface area contributed by atoms with Gasteiger partial charge in [0.15, 0.2) is 0 Å². The summed E-state index contributed by atoms with van der Waals surface area (Å²) in [5.74, 6) is -0.995. The third kappa shape index (κ3) is 5.63. The number of likely N-dealkylation sites (tertiary alicyclic amines) is 1. The van der Waals surface area contributed by atoms with Crippen molar-refractivity contribution < 1.29 is 19.8 Å². The number of primary amides is 1. The van der Waals surface area contributed by atoms with Crippen molar-refractivity contribution in [3.05, 3.63) is 23.5 Å². The molecule has 9 heteroatoms. The second-order valence-electron chi connectivity index (χ2n) is 9.71. The summed E-state index contributed by atoms with van der Waals surface area (Å²) in [6.07, 6.45) is 7.19. The van der Waals surface area contributed by atoms with Crippen molar-refractivity contribution in [2.45, 2.75) is 71.4 Å².